The molecule has 92 valence electrons. The van der Waals surface area contributed by atoms with Gasteiger partial charge in [0.2, 0.25) is 0 Å². The summed E-state index contributed by atoms with van der Waals surface area (Å²) < 4.78 is 4.01. The van der Waals surface area contributed by atoms with Gasteiger partial charge in [0.25, 0.3) is 0 Å². The molecule has 2 heterocycles. The van der Waals surface area contributed by atoms with E-state index in [1.165, 1.54) is 0 Å². The van der Waals surface area contributed by atoms with Crippen molar-refractivity contribution in [1.29, 1.82) is 0 Å². The number of aryl methyl sites for hydroxylation is 1. The highest BCUT2D eigenvalue weighted by Gasteiger charge is 2.23. The van der Waals surface area contributed by atoms with Crippen LogP contribution in [0.3, 0.4) is 0 Å². The van der Waals surface area contributed by atoms with Crippen LogP contribution in [0.25, 0.3) is 0 Å². The predicted octanol–water partition coefficient (Wildman–Crippen LogP) is 1.44. The van der Waals surface area contributed by atoms with Crippen molar-refractivity contribution < 1.29 is 5.11 Å². The van der Waals surface area contributed by atoms with Gasteiger partial charge in [-0.3, -0.25) is 0 Å². The third-order valence-electron chi connectivity index (χ3n) is 2.62. The zero-order chi connectivity index (χ0) is 12.6. The molecule has 0 bridgehead atoms. The first-order chi connectivity index (χ1) is 8.02. The van der Waals surface area contributed by atoms with Crippen molar-refractivity contribution in [2.24, 2.45) is 7.05 Å². The smallest absolute Gasteiger partial charge is 0.154 e. The molecule has 7 heteroatoms. The second kappa shape index (κ2) is 4.58. The van der Waals surface area contributed by atoms with Crippen molar-refractivity contribution in [2.75, 3.05) is 0 Å². The summed E-state index contributed by atoms with van der Waals surface area (Å²) in [5.41, 5.74) is 1.35. The Balaban J connectivity index is 2.44. The first-order valence-corrected chi connectivity index (χ1v) is 6.06. The molecule has 2 aromatic rings. The maximum atomic E-state index is 10.4. The van der Waals surface area contributed by atoms with Crippen LogP contribution in [-0.2, 0) is 7.05 Å². The highest BCUT2D eigenvalue weighted by molar-refractivity contribution is 9.10. The molecule has 0 spiro atoms. The molecule has 17 heavy (non-hydrogen) atoms. The molecule has 0 fully saturated rings. The van der Waals surface area contributed by atoms with Gasteiger partial charge >= 0.3 is 0 Å². The zero-order valence-electron chi connectivity index (χ0n) is 9.87. The minimum absolute atomic E-state index is 0.238. The van der Waals surface area contributed by atoms with Crippen LogP contribution in [0.15, 0.2) is 17.1 Å². The molecule has 0 radical (unpaired) electrons. The van der Waals surface area contributed by atoms with E-state index in [0.717, 1.165) is 5.69 Å². The van der Waals surface area contributed by atoms with Crippen LogP contribution in [0, 0.1) is 0 Å². The van der Waals surface area contributed by atoms with Gasteiger partial charge in [-0.1, -0.05) is 5.21 Å². The molecule has 0 saturated heterocycles. The normalized spacial score (nSPS) is 13.3. The summed E-state index contributed by atoms with van der Waals surface area (Å²) in [5, 5.41) is 18.1. The highest BCUT2D eigenvalue weighted by atomic mass is 79.9. The lowest BCUT2D eigenvalue weighted by atomic mass is 10.2. The molecule has 1 atom stereocenters. The summed E-state index contributed by atoms with van der Waals surface area (Å²) in [7, 11) is 1.74. The summed E-state index contributed by atoms with van der Waals surface area (Å²) in [5.74, 6) is 0. The number of imidazole rings is 1. The minimum atomic E-state index is -0.797. The van der Waals surface area contributed by atoms with Crippen LogP contribution < -0.4 is 0 Å². The van der Waals surface area contributed by atoms with E-state index in [0.29, 0.717) is 10.3 Å². The molecule has 0 amide bonds. The molecule has 0 saturated carbocycles. The molecule has 2 rings (SSSR count). The summed E-state index contributed by atoms with van der Waals surface area (Å²) in [6, 6.07) is 0.238. The van der Waals surface area contributed by atoms with Gasteiger partial charge in [0.15, 0.2) is 4.60 Å². The average Bonchev–Trinajstić information content (AvgIpc) is 2.85. The molecule has 0 aliphatic heterocycles. The number of hydrogen-bond acceptors (Lipinski definition) is 4. The number of aromatic nitrogens is 5. The summed E-state index contributed by atoms with van der Waals surface area (Å²) in [6.07, 6.45) is 2.57. The van der Waals surface area contributed by atoms with Gasteiger partial charge in [0.05, 0.1) is 18.2 Å². The molecule has 1 N–H and O–H groups in total. The van der Waals surface area contributed by atoms with Crippen LogP contribution in [0.1, 0.15) is 37.4 Å². The van der Waals surface area contributed by atoms with Gasteiger partial charge in [0, 0.05) is 13.1 Å². The summed E-state index contributed by atoms with van der Waals surface area (Å²) in [6.45, 7) is 4.07. The molecular formula is C10H14BrN5O. The largest absolute Gasteiger partial charge is 0.380 e. The number of halogens is 1. The second-order valence-corrected chi connectivity index (χ2v) is 4.86. The van der Waals surface area contributed by atoms with Crippen molar-refractivity contribution in [3.8, 4) is 0 Å². The lowest BCUT2D eigenvalue weighted by Crippen LogP contribution is -2.13. The van der Waals surface area contributed by atoms with E-state index in [1.807, 2.05) is 18.4 Å². The van der Waals surface area contributed by atoms with E-state index in [9.17, 15) is 5.11 Å². The fraction of sp³-hybridized carbons (Fsp3) is 0.500. The van der Waals surface area contributed by atoms with Crippen LogP contribution in [-0.4, -0.2) is 29.7 Å². The Labute approximate surface area is 107 Å². The number of rotatable bonds is 3. The van der Waals surface area contributed by atoms with E-state index in [1.54, 1.807) is 24.3 Å². The molecule has 0 aromatic carbocycles. The topological polar surface area (TPSA) is 68.8 Å². The van der Waals surface area contributed by atoms with Crippen LogP contribution in [0.4, 0.5) is 0 Å². The maximum absolute atomic E-state index is 10.4. The summed E-state index contributed by atoms with van der Waals surface area (Å²) >= 11 is 3.28. The van der Waals surface area contributed by atoms with Crippen molar-refractivity contribution in [3.63, 3.8) is 0 Å². The van der Waals surface area contributed by atoms with E-state index in [-0.39, 0.29) is 6.04 Å². The van der Waals surface area contributed by atoms with Crippen molar-refractivity contribution in [1.82, 2.24) is 24.5 Å². The Hall–Kier alpha value is -1.21. The SMILES string of the molecule is CC(C)n1cncc1C(O)c1c(Br)nnn1C. The molecule has 6 nitrogen and oxygen atoms in total. The number of aliphatic hydroxyl groups is 1. The van der Waals surface area contributed by atoms with Gasteiger partial charge in [-0.2, -0.15) is 0 Å². The molecule has 1 unspecified atom stereocenters. The van der Waals surface area contributed by atoms with E-state index in [2.05, 4.69) is 31.2 Å². The fourth-order valence-corrected chi connectivity index (χ4v) is 2.27. The van der Waals surface area contributed by atoms with Crippen LogP contribution in [0.5, 0.6) is 0 Å². The second-order valence-electron chi connectivity index (χ2n) is 4.11. The Bertz CT molecular complexity index is 499. The molecule has 0 aliphatic carbocycles. The van der Waals surface area contributed by atoms with E-state index < -0.39 is 6.10 Å². The Morgan fingerprint density at radius 1 is 1.41 bits per heavy atom. The lowest BCUT2D eigenvalue weighted by molar-refractivity contribution is 0.197. The van der Waals surface area contributed by atoms with Gasteiger partial charge in [0.1, 0.15) is 11.8 Å². The van der Waals surface area contributed by atoms with Crippen molar-refractivity contribution >= 4 is 15.9 Å². The fourth-order valence-electron chi connectivity index (χ4n) is 1.73. The van der Waals surface area contributed by atoms with Crippen molar-refractivity contribution in [2.45, 2.75) is 26.0 Å². The van der Waals surface area contributed by atoms with Gasteiger partial charge in [-0.05, 0) is 29.8 Å². The van der Waals surface area contributed by atoms with Gasteiger partial charge < -0.3 is 9.67 Å². The Kier molecular flexibility index (Phi) is 3.30. The van der Waals surface area contributed by atoms with E-state index in [4.69, 9.17) is 0 Å². The monoisotopic (exact) mass is 299 g/mol. The Morgan fingerprint density at radius 3 is 2.65 bits per heavy atom. The van der Waals surface area contributed by atoms with Gasteiger partial charge in [-0.15, -0.1) is 5.10 Å². The molecule has 2 aromatic heterocycles. The highest BCUT2D eigenvalue weighted by Crippen LogP contribution is 2.27. The minimum Gasteiger partial charge on any atom is -0.380 e. The van der Waals surface area contributed by atoms with E-state index >= 15 is 0 Å². The number of aliphatic hydroxyl groups excluding tert-OH is 1. The average molecular weight is 300 g/mol. The predicted molar refractivity (Wildman–Crippen MR) is 65.4 cm³/mol. The lowest BCUT2D eigenvalue weighted by Gasteiger charge is -2.16. The first kappa shape index (κ1) is 12.3. The standard InChI is InChI=1S/C10H14BrN5O/c1-6(2)16-5-12-4-7(16)9(17)8-10(11)13-14-15(8)3/h4-6,9,17H,1-3H3. The quantitative estimate of drug-likeness (QED) is 0.931. The zero-order valence-corrected chi connectivity index (χ0v) is 11.5. The Morgan fingerprint density at radius 2 is 2.12 bits per heavy atom. The molecule has 0 aliphatic rings. The number of hydrogen-bond donors (Lipinski definition) is 1. The van der Waals surface area contributed by atoms with Crippen LogP contribution in [0.2, 0.25) is 0 Å². The van der Waals surface area contributed by atoms with Gasteiger partial charge in [-0.25, -0.2) is 9.67 Å². The number of nitrogens with zero attached hydrogens (tertiary/aromatic N) is 5. The third-order valence-corrected chi connectivity index (χ3v) is 3.18. The van der Waals surface area contributed by atoms with Crippen molar-refractivity contribution in [3.05, 3.63) is 28.5 Å². The third kappa shape index (κ3) is 2.12. The first-order valence-electron chi connectivity index (χ1n) is 5.27. The van der Waals surface area contributed by atoms with Crippen LogP contribution >= 0.6 is 15.9 Å². The maximum Gasteiger partial charge on any atom is 0.154 e. The summed E-state index contributed by atoms with van der Waals surface area (Å²) in [4.78, 5) is 4.07. The molecular weight excluding hydrogens is 286 g/mol.